The van der Waals surface area contributed by atoms with Crippen molar-refractivity contribution in [3.8, 4) is 0 Å². The summed E-state index contributed by atoms with van der Waals surface area (Å²) in [6.45, 7) is 1.42. The van der Waals surface area contributed by atoms with E-state index in [1.165, 1.54) is 20.0 Å². The molecule has 2 heterocycles. The first-order chi connectivity index (χ1) is 10.7. The topological polar surface area (TPSA) is 98.9 Å². The molecule has 0 saturated carbocycles. The Morgan fingerprint density at radius 1 is 1.35 bits per heavy atom. The Hall–Kier alpha value is -2.56. The number of carbonyl (C=O) groups excluding carboxylic acids is 1. The number of pyridine rings is 1. The van der Waals surface area contributed by atoms with Gasteiger partial charge in [0.15, 0.2) is 0 Å². The molecular formula is C12H12F3N5O2S. The molecule has 0 aliphatic rings. The minimum atomic E-state index is -4.59. The lowest BCUT2D eigenvalue weighted by Gasteiger charge is -2.11. The van der Waals surface area contributed by atoms with Gasteiger partial charge in [-0.2, -0.15) is 13.2 Å². The van der Waals surface area contributed by atoms with Crippen molar-refractivity contribution >= 4 is 33.9 Å². The Kier molecular flexibility index (Phi) is 4.59. The molecule has 4 N–H and O–H groups in total. The number of nitrogens with zero attached hydrogens (tertiary/aromatic N) is 1. The summed E-state index contributed by atoms with van der Waals surface area (Å²) < 4.78 is 40.7. The van der Waals surface area contributed by atoms with Crippen LogP contribution in [0, 0.1) is 6.92 Å². The maximum Gasteiger partial charge on any atom is 0.433 e. The van der Waals surface area contributed by atoms with Crippen LogP contribution in [0.3, 0.4) is 0 Å². The van der Waals surface area contributed by atoms with Crippen molar-refractivity contribution < 1.29 is 18.0 Å². The summed E-state index contributed by atoms with van der Waals surface area (Å²) in [4.78, 5) is 26.4. The van der Waals surface area contributed by atoms with E-state index < -0.39 is 23.5 Å². The first-order valence-corrected chi connectivity index (χ1v) is 7.05. The van der Waals surface area contributed by atoms with Crippen molar-refractivity contribution in [2.45, 2.75) is 13.1 Å². The third kappa shape index (κ3) is 4.00. The number of nitrogens with one attached hydrogen (secondary N) is 4. The van der Waals surface area contributed by atoms with Gasteiger partial charge in [0.25, 0.3) is 5.56 Å². The molecule has 0 saturated heterocycles. The number of anilines is 3. The van der Waals surface area contributed by atoms with Gasteiger partial charge in [-0.05, 0) is 30.6 Å². The average Bonchev–Trinajstić information content (AvgIpc) is 2.78. The molecule has 2 rings (SSSR count). The highest BCUT2D eigenvalue weighted by Gasteiger charge is 2.33. The van der Waals surface area contributed by atoms with E-state index in [4.69, 9.17) is 0 Å². The lowest BCUT2D eigenvalue weighted by molar-refractivity contribution is -0.141. The molecular weight excluding hydrogens is 335 g/mol. The van der Waals surface area contributed by atoms with Crippen LogP contribution in [0.5, 0.6) is 0 Å². The smallest absolute Gasteiger partial charge is 0.344 e. The van der Waals surface area contributed by atoms with E-state index in [2.05, 4.69) is 25.3 Å². The zero-order chi connectivity index (χ0) is 17.2. The maximum absolute atomic E-state index is 12.8. The summed E-state index contributed by atoms with van der Waals surface area (Å²) in [6.07, 6.45) is -4.59. The Morgan fingerprint density at radius 3 is 2.65 bits per heavy atom. The van der Waals surface area contributed by atoms with E-state index in [0.29, 0.717) is 0 Å². The molecule has 7 nitrogen and oxygen atoms in total. The monoisotopic (exact) mass is 347 g/mol. The predicted molar refractivity (Wildman–Crippen MR) is 80.3 cm³/mol. The molecule has 0 aromatic carbocycles. The van der Waals surface area contributed by atoms with Crippen LogP contribution in [-0.2, 0) is 6.18 Å². The molecule has 0 atom stereocenters. The fraction of sp³-hybridized carbons (Fsp3) is 0.250. The number of H-pyrrole nitrogens is 1. The number of aromatic nitrogens is 2. The van der Waals surface area contributed by atoms with Crippen LogP contribution in [0.1, 0.15) is 11.4 Å². The molecule has 0 fully saturated rings. The van der Waals surface area contributed by atoms with Gasteiger partial charge in [0.2, 0.25) is 0 Å². The molecule has 11 heteroatoms. The number of urea groups is 1. The SMILES string of the molecule is CNC(=O)Nc1c(Nc2cc(C)nc(C(F)(F)F)c2)s[nH]c1=O. The van der Waals surface area contributed by atoms with Crippen molar-refractivity contribution in [3.63, 3.8) is 0 Å². The average molecular weight is 347 g/mol. The highest BCUT2D eigenvalue weighted by atomic mass is 32.1. The van der Waals surface area contributed by atoms with Gasteiger partial charge in [-0.15, -0.1) is 0 Å². The van der Waals surface area contributed by atoms with E-state index in [1.807, 2.05) is 0 Å². The number of rotatable bonds is 3. The Morgan fingerprint density at radius 2 is 2.04 bits per heavy atom. The van der Waals surface area contributed by atoms with Crippen molar-refractivity contribution in [1.29, 1.82) is 0 Å². The normalized spacial score (nSPS) is 11.2. The van der Waals surface area contributed by atoms with Crippen LogP contribution in [0.4, 0.5) is 34.3 Å². The van der Waals surface area contributed by atoms with Gasteiger partial charge in [0, 0.05) is 18.4 Å². The molecule has 2 aromatic heterocycles. The molecule has 0 aliphatic carbocycles. The second-order valence-corrected chi connectivity index (χ2v) is 5.26. The zero-order valence-electron chi connectivity index (χ0n) is 12.0. The molecule has 2 aromatic rings. The van der Waals surface area contributed by atoms with Crippen LogP contribution >= 0.6 is 11.5 Å². The highest BCUT2D eigenvalue weighted by Crippen LogP contribution is 2.32. The van der Waals surface area contributed by atoms with Gasteiger partial charge < -0.3 is 16.0 Å². The second kappa shape index (κ2) is 6.28. The van der Waals surface area contributed by atoms with Crippen LogP contribution in [0.15, 0.2) is 16.9 Å². The highest BCUT2D eigenvalue weighted by molar-refractivity contribution is 7.11. The van der Waals surface area contributed by atoms with E-state index in [-0.39, 0.29) is 22.1 Å². The molecule has 0 spiro atoms. The van der Waals surface area contributed by atoms with E-state index >= 15 is 0 Å². The maximum atomic E-state index is 12.8. The van der Waals surface area contributed by atoms with Crippen LogP contribution < -0.4 is 21.5 Å². The number of aryl methyl sites for hydroxylation is 1. The summed E-state index contributed by atoms with van der Waals surface area (Å²) in [6, 6.07) is 1.59. The summed E-state index contributed by atoms with van der Waals surface area (Å²) in [5.41, 5.74) is -1.45. The fourth-order valence-electron chi connectivity index (χ4n) is 1.70. The number of hydrogen-bond donors (Lipinski definition) is 4. The predicted octanol–water partition coefficient (Wildman–Crippen LogP) is 2.65. The van der Waals surface area contributed by atoms with Gasteiger partial charge >= 0.3 is 12.2 Å². The summed E-state index contributed by atoms with van der Waals surface area (Å²) in [7, 11) is 1.37. The first-order valence-electron chi connectivity index (χ1n) is 6.24. The minimum Gasteiger partial charge on any atom is -0.344 e. The van der Waals surface area contributed by atoms with Gasteiger partial charge in [-0.1, -0.05) is 0 Å². The van der Waals surface area contributed by atoms with E-state index in [1.54, 1.807) is 0 Å². The number of alkyl halides is 3. The minimum absolute atomic E-state index is 0.0858. The van der Waals surface area contributed by atoms with Gasteiger partial charge in [-0.25, -0.2) is 9.78 Å². The summed E-state index contributed by atoms with van der Waals surface area (Å²) >= 11 is 0.850. The third-order valence-electron chi connectivity index (χ3n) is 2.67. The van der Waals surface area contributed by atoms with Crippen molar-refractivity contribution in [2.75, 3.05) is 17.7 Å². The van der Waals surface area contributed by atoms with E-state index in [9.17, 15) is 22.8 Å². The van der Waals surface area contributed by atoms with Crippen LogP contribution in [0.2, 0.25) is 0 Å². The zero-order valence-corrected chi connectivity index (χ0v) is 12.8. The summed E-state index contributed by atoms with van der Waals surface area (Å²) in [5, 5.41) is 7.44. The van der Waals surface area contributed by atoms with Crippen LogP contribution in [-0.4, -0.2) is 22.4 Å². The number of aromatic amines is 1. The number of carbonyl (C=O) groups is 1. The Balaban J connectivity index is 2.35. The Labute approximate surface area is 132 Å². The second-order valence-electron chi connectivity index (χ2n) is 4.45. The quantitative estimate of drug-likeness (QED) is 0.686. The summed E-state index contributed by atoms with van der Waals surface area (Å²) in [5.74, 6) is 0. The van der Waals surface area contributed by atoms with Gasteiger partial charge in [0.05, 0.1) is 0 Å². The van der Waals surface area contributed by atoms with Crippen LogP contribution in [0.25, 0.3) is 0 Å². The van der Waals surface area contributed by atoms with Crippen molar-refractivity contribution in [2.24, 2.45) is 0 Å². The number of hydrogen-bond acceptors (Lipinski definition) is 5. The molecule has 0 bridgehead atoms. The standard InChI is InChI=1S/C12H12F3N5O2S/c1-5-3-6(4-7(17-5)12(13,14)15)18-10-8(9(21)20-23-10)19-11(22)16-2/h3-4H,1-2H3,(H,17,18)(H,20,21)(H2,16,19,22). The Bertz CT molecular complexity index is 784. The van der Waals surface area contributed by atoms with E-state index in [0.717, 1.165) is 17.6 Å². The number of halogens is 3. The third-order valence-corrected chi connectivity index (χ3v) is 3.46. The number of amides is 2. The first kappa shape index (κ1) is 16.8. The molecule has 0 aliphatic heterocycles. The van der Waals surface area contributed by atoms with Gasteiger partial charge in [-0.3, -0.25) is 9.17 Å². The lowest BCUT2D eigenvalue weighted by Crippen LogP contribution is -2.27. The lowest BCUT2D eigenvalue weighted by atomic mass is 10.2. The molecule has 0 unspecified atom stereocenters. The molecule has 2 amide bonds. The van der Waals surface area contributed by atoms with Crippen molar-refractivity contribution in [3.05, 3.63) is 33.9 Å². The fourth-order valence-corrected chi connectivity index (χ4v) is 2.41. The van der Waals surface area contributed by atoms with Crippen molar-refractivity contribution in [1.82, 2.24) is 14.7 Å². The molecule has 23 heavy (non-hydrogen) atoms. The van der Waals surface area contributed by atoms with Gasteiger partial charge in [0.1, 0.15) is 16.4 Å². The largest absolute Gasteiger partial charge is 0.433 e. The molecule has 0 radical (unpaired) electrons. The molecule has 124 valence electrons.